The summed E-state index contributed by atoms with van der Waals surface area (Å²) in [6.07, 6.45) is 1.73. The molecule has 0 saturated carbocycles. The van der Waals surface area contributed by atoms with Gasteiger partial charge in [0.1, 0.15) is 5.75 Å². The number of carbonyl (C=O) groups is 2. The van der Waals surface area contributed by atoms with Crippen LogP contribution in [0.1, 0.15) is 26.3 Å². The zero-order chi connectivity index (χ0) is 15.4. The van der Waals surface area contributed by atoms with Crippen molar-refractivity contribution in [1.29, 1.82) is 0 Å². The molecule has 0 bridgehead atoms. The predicted molar refractivity (Wildman–Crippen MR) is 85.1 cm³/mol. The van der Waals surface area contributed by atoms with Crippen LogP contribution in [0.15, 0.2) is 29.2 Å². The molecular weight excluding hydrogens is 286 g/mol. The van der Waals surface area contributed by atoms with Gasteiger partial charge in [0.25, 0.3) is 11.1 Å². The molecule has 0 aliphatic carbocycles. The minimum absolute atomic E-state index is 0.214. The third-order valence-corrected chi connectivity index (χ3v) is 3.87. The van der Waals surface area contributed by atoms with Crippen molar-refractivity contribution in [2.75, 3.05) is 13.2 Å². The molecule has 0 spiro atoms. The molecule has 1 fully saturated rings. The lowest BCUT2D eigenvalue weighted by Gasteiger charge is -2.11. The highest BCUT2D eigenvalue weighted by Gasteiger charge is 2.33. The molecule has 2 amide bonds. The average molecular weight is 305 g/mol. The van der Waals surface area contributed by atoms with E-state index in [9.17, 15) is 9.59 Å². The van der Waals surface area contributed by atoms with Crippen LogP contribution in [-0.4, -0.2) is 29.2 Å². The van der Waals surface area contributed by atoms with Gasteiger partial charge in [0.2, 0.25) is 0 Å². The van der Waals surface area contributed by atoms with E-state index in [-0.39, 0.29) is 11.1 Å². The van der Waals surface area contributed by atoms with Gasteiger partial charge in [-0.2, -0.15) is 0 Å². The van der Waals surface area contributed by atoms with Crippen LogP contribution in [0.2, 0.25) is 0 Å². The second-order valence-corrected chi connectivity index (χ2v) is 6.16. The molecule has 5 heteroatoms. The molecule has 0 N–H and O–H groups in total. The number of rotatable bonds is 5. The first-order valence-electron chi connectivity index (χ1n) is 7.00. The highest BCUT2D eigenvalue weighted by molar-refractivity contribution is 8.18. The van der Waals surface area contributed by atoms with Crippen molar-refractivity contribution >= 4 is 29.0 Å². The van der Waals surface area contributed by atoms with Gasteiger partial charge in [0, 0.05) is 12.1 Å². The molecule has 2 rings (SSSR count). The van der Waals surface area contributed by atoms with E-state index in [1.54, 1.807) is 13.0 Å². The maximum absolute atomic E-state index is 12.1. The van der Waals surface area contributed by atoms with Gasteiger partial charge in [-0.3, -0.25) is 14.5 Å². The van der Waals surface area contributed by atoms with E-state index in [1.165, 1.54) is 4.90 Å². The van der Waals surface area contributed by atoms with Gasteiger partial charge in [-0.15, -0.1) is 0 Å². The van der Waals surface area contributed by atoms with Crippen molar-refractivity contribution in [2.45, 2.75) is 20.8 Å². The summed E-state index contributed by atoms with van der Waals surface area (Å²) >= 11 is 0.977. The number of benzene rings is 1. The molecule has 0 radical (unpaired) electrons. The Morgan fingerprint density at radius 2 is 2.00 bits per heavy atom. The van der Waals surface area contributed by atoms with Gasteiger partial charge in [0.05, 0.1) is 11.5 Å². The molecule has 1 aliphatic rings. The molecular formula is C16H19NO3S. The first kappa shape index (κ1) is 15.6. The number of likely N-dealkylation sites (N-methyl/N-ethyl adjacent to an activating group) is 1. The first-order chi connectivity index (χ1) is 10.0. The van der Waals surface area contributed by atoms with Gasteiger partial charge < -0.3 is 4.74 Å². The van der Waals surface area contributed by atoms with Crippen LogP contribution in [0, 0.1) is 5.92 Å². The standard InChI is InChI=1S/C16H19NO3S/c1-4-17-15(18)14(21-16(17)19)9-12-7-5-6-8-13(12)20-10-11(2)3/h5-9,11H,4,10H2,1-3H3/b14-9+. The third kappa shape index (κ3) is 3.67. The molecule has 0 unspecified atom stereocenters. The number of hydrogen-bond donors (Lipinski definition) is 0. The number of ether oxygens (including phenoxy) is 1. The smallest absolute Gasteiger partial charge is 0.293 e. The maximum atomic E-state index is 12.1. The summed E-state index contributed by atoms with van der Waals surface area (Å²) in [6, 6.07) is 7.54. The number of hydrogen-bond acceptors (Lipinski definition) is 4. The monoisotopic (exact) mass is 305 g/mol. The van der Waals surface area contributed by atoms with E-state index in [0.717, 1.165) is 23.1 Å². The molecule has 21 heavy (non-hydrogen) atoms. The highest BCUT2D eigenvalue weighted by Crippen LogP contribution is 2.33. The van der Waals surface area contributed by atoms with Crippen LogP contribution < -0.4 is 4.74 Å². The van der Waals surface area contributed by atoms with Gasteiger partial charge in [-0.05, 0) is 36.7 Å². The van der Waals surface area contributed by atoms with E-state index in [4.69, 9.17) is 4.74 Å². The minimum atomic E-state index is -0.230. The number of imide groups is 1. The van der Waals surface area contributed by atoms with Crippen molar-refractivity contribution in [3.05, 3.63) is 34.7 Å². The average Bonchev–Trinajstić information content (AvgIpc) is 2.72. The van der Waals surface area contributed by atoms with E-state index in [2.05, 4.69) is 13.8 Å². The predicted octanol–water partition coefficient (Wildman–Crippen LogP) is 3.78. The number of nitrogens with zero attached hydrogens (tertiary/aromatic N) is 1. The quantitative estimate of drug-likeness (QED) is 0.777. The van der Waals surface area contributed by atoms with E-state index in [1.807, 2.05) is 24.3 Å². The number of carbonyl (C=O) groups excluding carboxylic acids is 2. The summed E-state index contributed by atoms with van der Waals surface area (Å²) in [5.41, 5.74) is 0.819. The molecule has 4 nitrogen and oxygen atoms in total. The van der Waals surface area contributed by atoms with Gasteiger partial charge in [-0.1, -0.05) is 32.0 Å². The fourth-order valence-electron chi connectivity index (χ4n) is 1.90. The molecule has 112 valence electrons. The zero-order valence-electron chi connectivity index (χ0n) is 12.5. The summed E-state index contributed by atoms with van der Waals surface area (Å²) in [6.45, 7) is 6.96. The summed E-state index contributed by atoms with van der Waals surface area (Å²) in [4.78, 5) is 25.5. The van der Waals surface area contributed by atoms with Crippen molar-refractivity contribution in [3.8, 4) is 5.75 Å². The normalized spacial score (nSPS) is 17.1. The fourth-order valence-corrected chi connectivity index (χ4v) is 2.80. The zero-order valence-corrected chi connectivity index (χ0v) is 13.3. The van der Waals surface area contributed by atoms with Crippen LogP contribution in [0.5, 0.6) is 5.75 Å². The Kier molecular flexibility index (Phi) is 5.07. The maximum Gasteiger partial charge on any atom is 0.293 e. The highest BCUT2D eigenvalue weighted by atomic mass is 32.2. The van der Waals surface area contributed by atoms with Crippen molar-refractivity contribution < 1.29 is 14.3 Å². The summed E-state index contributed by atoms with van der Waals surface area (Å²) < 4.78 is 5.76. The van der Waals surface area contributed by atoms with Gasteiger partial charge >= 0.3 is 0 Å². The van der Waals surface area contributed by atoms with Gasteiger partial charge in [0.15, 0.2) is 0 Å². The van der Waals surface area contributed by atoms with Crippen LogP contribution in [0.3, 0.4) is 0 Å². The summed E-state index contributed by atoms with van der Waals surface area (Å²) in [5, 5.41) is -0.214. The summed E-state index contributed by atoms with van der Waals surface area (Å²) in [5.74, 6) is 0.922. The lowest BCUT2D eigenvalue weighted by molar-refractivity contribution is -0.122. The Balaban J connectivity index is 2.25. The molecule has 0 atom stereocenters. The summed E-state index contributed by atoms with van der Waals surface area (Å²) in [7, 11) is 0. The first-order valence-corrected chi connectivity index (χ1v) is 7.81. The Labute approximate surface area is 129 Å². The largest absolute Gasteiger partial charge is 0.493 e. The van der Waals surface area contributed by atoms with Crippen LogP contribution in [0.4, 0.5) is 4.79 Å². The molecule has 1 saturated heterocycles. The molecule has 0 aromatic heterocycles. The lowest BCUT2D eigenvalue weighted by atomic mass is 10.1. The van der Waals surface area contributed by atoms with E-state index < -0.39 is 0 Å². The second-order valence-electron chi connectivity index (χ2n) is 5.17. The van der Waals surface area contributed by atoms with Crippen LogP contribution >= 0.6 is 11.8 Å². The SMILES string of the molecule is CCN1C(=O)S/C(=C/c2ccccc2OCC(C)C)C1=O. The Bertz CT molecular complexity index is 581. The van der Waals surface area contributed by atoms with Crippen molar-refractivity contribution in [3.63, 3.8) is 0 Å². The molecule has 1 heterocycles. The number of para-hydroxylation sites is 1. The third-order valence-electron chi connectivity index (χ3n) is 2.97. The molecule has 1 aromatic rings. The second kappa shape index (κ2) is 6.80. The van der Waals surface area contributed by atoms with Crippen molar-refractivity contribution in [1.82, 2.24) is 4.90 Å². The lowest BCUT2D eigenvalue weighted by Crippen LogP contribution is -2.27. The van der Waals surface area contributed by atoms with E-state index in [0.29, 0.717) is 24.0 Å². The fraction of sp³-hybridized carbons (Fsp3) is 0.375. The van der Waals surface area contributed by atoms with Crippen molar-refractivity contribution in [2.24, 2.45) is 5.92 Å². The Morgan fingerprint density at radius 1 is 1.29 bits per heavy atom. The van der Waals surface area contributed by atoms with Gasteiger partial charge in [-0.25, -0.2) is 0 Å². The topological polar surface area (TPSA) is 46.6 Å². The van der Waals surface area contributed by atoms with Crippen LogP contribution in [-0.2, 0) is 4.79 Å². The number of thioether (sulfide) groups is 1. The molecule has 1 aromatic carbocycles. The van der Waals surface area contributed by atoms with Crippen LogP contribution in [0.25, 0.3) is 6.08 Å². The minimum Gasteiger partial charge on any atom is -0.493 e. The Hall–Kier alpha value is -1.75. The Morgan fingerprint density at radius 3 is 2.62 bits per heavy atom. The molecule has 1 aliphatic heterocycles. The number of amides is 2. The van der Waals surface area contributed by atoms with E-state index >= 15 is 0 Å².